The molecule has 4 heteroatoms. The van der Waals surface area contributed by atoms with Crippen LogP contribution in [-0.4, -0.2) is 4.98 Å². The summed E-state index contributed by atoms with van der Waals surface area (Å²) in [6.07, 6.45) is 2.16. The van der Waals surface area contributed by atoms with Gasteiger partial charge in [0, 0.05) is 11.1 Å². The van der Waals surface area contributed by atoms with Crippen LogP contribution in [-0.2, 0) is 13.0 Å². The van der Waals surface area contributed by atoms with Gasteiger partial charge in [0.25, 0.3) is 0 Å². The van der Waals surface area contributed by atoms with E-state index in [1.54, 1.807) is 6.20 Å². The van der Waals surface area contributed by atoms with Crippen molar-refractivity contribution in [1.82, 2.24) is 4.98 Å². The summed E-state index contributed by atoms with van der Waals surface area (Å²) in [6.45, 7) is 2.50. The summed E-state index contributed by atoms with van der Waals surface area (Å²) in [5, 5.41) is 9.46. The topological polar surface area (TPSA) is 45.9 Å². The third-order valence-corrected chi connectivity index (χ3v) is 3.21. The first kappa shape index (κ1) is 11.6. The SMILES string of the molecule is Cc1ccc(OCc2ncc(CC#N)s2)cc1. The summed E-state index contributed by atoms with van der Waals surface area (Å²) in [4.78, 5) is 5.19. The molecule has 0 amide bonds. The highest BCUT2D eigenvalue weighted by Gasteiger charge is 2.02. The van der Waals surface area contributed by atoms with Crippen LogP contribution in [0.15, 0.2) is 30.5 Å². The Morgan fingerprint density at radius 3 is 2.82 bits per heavy atom. The molecule has 86 valence electrons. The number of rotatable bonds is 4. The van der Waals surface area contributed by atoms with E-state index in [0.29, 0.717) is 13.0 Å². The first-order valence-corrected chi connectivity index (χ1v) is 6.09. The lowest BCUT2D eigenvalue weighted by Gasteiger charge is -2.03. The summed E-state index contributed by atoms with van der Waals surface area (Å²) >= 11 is 1.52. The van der Waals surface area contributed by atoms with Gasteiger partial charge in [-0.1, -0.05) is 17.7 Å². The average molecular weight is 244 g/mol. The molecule has 0 bridgehead atoms. The Bertz CT molecular complexity index is 525. The standard InChI is InChI=1S/C13H12N2OS/c1-10-2-4-11(5-3-10)16-9-13-15-8-12(17-13)6-7-14/h2-5,8H,6,9H2,1H3. The van der Waals surface area contributed by atoms with E-state index in [4.69, 9.17) is 10.00 Å². The second-order valence-electron chi connectivity index (χ2n) is 3.66. The number of hydrogen-bond donors (Lipinski definition) is 0. The van der Waals surface area contributed by atoms with Gasteiger partial charge in [-0.05, 0) is 19.1 Å². The number of hydrogen-bond acceptors (Lipinski definition) is 4. The zero-order valence-electron chi connectivity index (χ0n) is 9.51. The first-order valence-electron chi connectivity index (χ1n) is 5.28. The zero-order chi connectivity index (χ0) is 12.1. The maximum Gasteiger partial charge on any atom is 0.140 e. The predicted octanol–water partition coefficient (Wildman–Crippen LogP) is 3.10. The van der Waals surface area contributed by atoms with Gasteiger partial charge in [-0.15, -0.1) is 11.3 Å². The Kier molecular flexibility index (Phi) is 3.73. The predicted molar refractivity (Wildman–Crippen MR) is 66.9 cm³/mol. The number of thiazole rings is 1. The summed E-state index contributed by atoms with van der Waals surface area (Å²) in [6, 6.07) is 10.0. The minimum absolute atomic E-state index is 0.419. The Balaban J connectivity index is 1.93. The van der Waals surface area contributed by atoms with E-state index in [1.807, 2.05) is 31.2 Å². The molecule has 1 aromatic heterocycles. The fraction of sp³-hybridized carbons (Fsp3) is 0.231. The van der Waals surface area contributed by atoms with E-state index >= 15 is 0 Å². The van der Waals surface area contributed by atoms with E-state index in [1.165, 1.54) is 16.9 Å². The van der Waals surface area contributed by atoms with Crippen LogP contribution >= 0.6 is 11.3 Å². The third-order valence-electron chi connectivity index (χ3n) is 2.24. The molecule has 2 rings (SSSR count). The molecular formula is C13H12N2OS. The molecule has 1 heterocycles. The van der Waals surface area contributed by atoms with Gasteiger partial charge in [-0.3, -0.25) is 0 Å². The fourth-order valence-corrected chi connectivity index (χ4v) is 2.12. The zero-order valence-corrected chi connectivity index (χ0v) is 10.3. The summed E-state index contributed by atoms with van der Waals surface area (Å²) in [7, 11) is 0. The number of nitrogens with zero attached hydrogens (tertiary/aromatic N) is 2. The number of nitriles is 1. The van der Waals surface area contributed by atoms with Crippen LogP contribution in [0.3, 0.4) is 0 Å². The van der Waals surface area contributed by atoms with E-state index < -0.39 is 0 Å². The molecule has 0 radical (unpaired) electrons. The Labute approximate surface area is 104 Å². The maximum absolute atomic E-state index is 8.56. The molecule has 2 aromatic rings. The lowest BCUT2D eigenvalue weighted by molar-refractivity contribution is 0.305. The van der Waals surface area contributed by atoms with E-state index in [9.17, 15) is 0 Å². The van der Waals surface area contributed by atoms with Crippen molar-refractivity contribution in [2.75, 3.05) is 0 Å². The van der Waals surface area contributed by atoms with Gasteiger partial charge in [0.1, 0.15) is 17.4 Å². The van der Waals surface area contributed by atoms with Crippen molar-refractivity contribution < 1.29 is 4.74 Å². The van der Waals surface area contributed by atoms with E-state index in [2.05, 4.69) is 11.1 Å². The molecular weight excluding hydrogens is 232 g/mol. The largest absolute Gasteiger partial charge is 0.486 e. The van der Waals surface area contributed by atoms with Crippen molar-refractivity contribution >= 4 is 11.3 Å². The van der Waals surface area contributed by atoms with Crippen LogP contribution in [0, 0.1) is 18.3 Å². The molecule has 0 aliphatic rings. The molecule has 3 nitrogen and oxygen atoms in total. The number of aromatic nitrogens is 1. The summed E-state index contributed by atoms with van der Waals surface area (Å²) < 4.78 is 5.60. The Morgan fingerprint density at radius 1 is 1.35 bits per heavy atom. The second-order valence-corrected chi connectivity index (χ2v) is 4.86. The van der Waals surface area contributed by atoms with Crippen molar-refractivity contribution in [3.8, 4) is 11.8 Å². The van der Waals surface area contributed by atoms with Crippen molar-refractivity contribution in [2.24, 2.45) is 0 Å². The van der Waals surface area contributed by atoms with Gasteiger partial charge in [-0.2, -0.15) is 5.26 Å². The van der Waals surface area contributed by atoms with Crippen LogP contribution in [0.1, 0.15) is 15.4 Å². The smallest absolute Gasteiger partial charge is 0.140 e. The number of benzene rings is 1. The van der Waals surface area contributed by atoms with Crippen molar-refractivity contribution in [1.29, 1.82) is 5.26 Å². The second kappa shape index (κ2) is 5.46. The highest BCUT2D eigenvalue weighted by Crippen LogP contribution is 2.17. The minimum atomic E-state index is 0.419. The van der Waals surface area contributed by atoms with Crippen molar-refractivity contribution in [2.45, 2.75) is 20.0 Å². The molecule has 0 atom stereocenters. The van der Waals surface area contributed by atoms with Gasteiger partial charge in [0.05, 0.1) is 12.5 Å². The van der Waals surface area contributed by atoms with E-state index in [0.717, 1.165) is 15.6 Å². The molecule has 17 heavy (non-hydrogen) atoms. The Hall–Kier alpha value is -1.86. The number of ether oxygens (including phenoxy) is 1. The van der Waals surface area contributed by atoms with Gasteiger partial charge in [0.15, 0.2) is 0 Å². The highest BCUT2D eigenvalue weighted by atomic mass is 32.1. The minimum Gasteiger partial charge on any atom is -0.486 e. The lowest BCUT2D eigenvalue weighted by Crippen LogP contribution is -1.93. The van der Waals surface area contributed by atoms with Crippen LogP contribution in [0.25, 0.3) is 0 Å². The molecule has 0 fully saturated rings. The monoisotopic (exact) mass is 244 g/mol. The molecule has 1 aromatic carbocycles. The van der Waals surface area contributed by atoms with Gasteiger partial charge >= 0.3 is 0 Å². The molecule has 0 spiro atoms. The van der Waals surface area contributed by atoms with Gasteiger partial charge in [0.2, 0.25) is 0 Å². The molecule has 0 N–H and O–H groups in total. The van der Waals surface area contributed by atoms with Crippen LogP contribution < -0.4 is 4.74 Å². The molecule has 0 saturated heterocycles. The van der Waals surface area contributed by atoms with Crippen LogP contribution in [0.4, 0.5) is 0 Å². The van der Waals surface area contributed by atoms with Crippen LogP contribution in [0.5, 0.6) is 5.75 Å². The third kappa shape index (κ3) is 3.30. The quantitative estimate of drug-likeness (QED) is 0.830. The fourth-order valence-electron chi connectivity index (χ4n) is 1.35. The summed E-state index contributed by atoms with van der Waals surface area (Å²) in [5.74, 6) is 0.840. The normalized spacial score (nSPS) is 9.88. The average Bonchev–Trinajstić information content (AvgIpc) is 2.77. The molecule has 0 aliphatic carbocycles. The first-order chi connectivity index (χ1) is 8.28. The highest BCUT2D eigenvalue weighted by molar-refractivity contribution is 7.11. The molecule has 0 unspecified atom stereocenters. The molecule has 0 aliphatic heterocycles. The summed E-state index contributed by atoms with van der Waals surface area (Å²) in [5.41, 5.74) is 1.21. The lowest BCUT2D eigenvalue weighted by atomic mass is 10.2. The van der Waals surface area contributed by atoms with Crippen molar-refractivity contribution in [3.05, 3.63) is 45.9 Å². The molecule has 0 saturated carbocycles. The van der Waals surface area contributed by atoms with E-state index in [-0.39, 0.29) is 0 Å². The van der Waals surface area contributed by atoms with Crippen LogP contribution in [0.2, 0.25) is 0 Å². The van der Waals surface area contributed by atoms with Gasteiger partial charge in [-0.25, -0.2) is 4.98 Å². The van der Waals surface area contributed by atoms with Gasteiger partial charge < -0.3 is 4.74 Å². The number of aryl methyl sites for hydroxylation is 1. The maximum atomic E-state index is 8.56. The Morgan fingerprint density at radius 2 is 2.12 bits per heavy atom. The van der Waals surface area contributed by atoms with Crippen molar-refractivity contribution in [3.63, 3.8) is 0 Å².